The fourth-order valence-corrected chi connectivity index (χ4v) is 3.00. The zero-order valence-electron chi connectivity index (χ0n) is 15.4. The summed E-state index contributed by atoms with van der Waals surface area (Å²) in [6.45, 7) is 2.68. The first-order valence-corrected chi connectivity index (χ1v) is 9.15. The van der Waals surface area contributed by atoms with Crippen LogP contribution in [0.15, 0.2) is 75.9 Å². The summed E-state index contributed by atoms with van der Waals surface area (Å²) in [4.78, 5) is 25.1. The number of anilines is 1. The van der Waals surface area contributed by atoms with E-state index in [9.17, 15) is 9.59 Å². The van der Waals surface area contributed by atoms with E-state index in [4.69, 9.17) is 9.15 Å². The first kappa shape index (κ1) is 17.8. The van der Waals surface area contributed by atoms with Gasteiger partial charge in [0.05, 0.1) is 17.4 Å². The van der Waals surface area contributed by atoms with Crippen LogP contribution in [0.4, 0.5) is 5.69 Å². The highest BCUT2D eigenvalue weighted by Crippen LogP contribution is 2.22. The molecule has 3 aromatic carbocycles. The third kappa shape index (κ3) is 3.47. The van der Waals surface area contributed by atoms with Crippen LogP contribution in [0.2, 0.25) is 0 Å². The Morgan fingerprint density at radius 2 is 1.71 bits per heavy atom. The normalized spacial score (nSPS) is 10.9. The first-order chi connectivity index (χ1) is 13.7. The van der Waals surface area contributed by atoms with Crippen molar-refractivity contribution in [1.82, 2.24) is 0 Å². The lowest BCUT2D eigenvalue weighted by molar-refractivity contribution is 0.102. The summed E-state index contributed by atoms with van der Waals surface area (Å²) < 4.78 is 11.4. The zero-order valence-corrected chi connectivity index (χ0v) is 15.4. The molecular formula is C23H19NO4. The summed E-state index contributed by atoms with van der Waals surface area (Å²) in [5.41, 5.74) is 1.94. The van der Waals surface area contributed by atoms with Crippen molar-refractivity contribution < 1.29 is 13.9 Å². The molecule has 5 nitrogen and oxygen atoms in total. The van der Waals surface area contributed by atoms with Crippen molar-refractivity contribution in [2.75, 3.05) is 11.9 Å². The molecule has 0 fully saturated rings. The van der Waals surface area contributed by atoms with Crippen molar-refractivity contribution in [2.45, 2.75) is 13.3 Å². The molecule has 0 saturated carbocycles. The molecule has 0 aliphatic heterocycles. The predicted molar refractivity (Wildman–Crippen MR) is 110 cm³/mol. The van der Waals surface area contributed by atoms with Gasteiger partial charge in [-0.2, -0.15) is 0 Å². The summed E-state index contributed by atoms with van der Waals surface area (Å²) >= 11 is 0. The Bertz CT molecular complexity index is 1210. The second-order valence-corrected chi connectivity index (χ2v) is 6.47. The SMILES string of the molecule is CCCOc1ccc(C(=O)Nc2ccc3c(=O)c4ccccc4oc3c2)cc1. The van der Waals surface area contributed by atoms with Crippen molar-refractivity contribution >= 4 is 33.5 Å². The molecule has 1 N–H and O–H groups in total. The maximum absolute atomic E-state index is 12.6. The van der Waals surface area contributed by atoms with E-state index in [1.165, 1.54) is 0 Å². The molecule has 5 heteroatoms. The van der Waals surface area contributed by atoms with Gasteiger partial charge in [0.25, 0.3) is 5.91 Å². The number of ether oxygens (including phenoxy) is 1. The molecule has 1 heterocycles. The smallest absolute Gasteiger partial charge is 0.255 e. The van der Waals surface area contributed by atoms with Gasteiger partial charge in [-0.1, -0.05) is 19.1 Å². The molecule has 0 atom stereocenters. The molecule has 0 unspecified atom stereocenters. The molecule has 1 aromatic heterocycles. The van der Waals surface area contributed by atoms with Gasteiger partial charge < -0.3 is 14.5 Å². The molecular weight excluding hydrogens is 354 g/mol. The van der Waals surface area contributed by atoms with Gasteiger partial charge in [0.2, 0.25) is 5.43 Å². The lowest BCUT2D eigenvalue weighted by atomic mass is 10.1. The first-order valence-electron chi connectivity index (χ1n) is 9.15. The Morgan fingerprint density at radius 1 is 0.964 bits per heavy atom. The van der Waals surface area contributed by atoms with E-state index in [2.05, 4.69) is 5.32 Å². The van der Waals surface area contributed by atoms with Gasteiger partial charge >= 0.3 is 0 Å². The van der Waals surface area contributed by atoms with Crippen LogP contribution in [0.1, 0.15) is 23.7 Å². The molecule has 28 heavy (non-hydrogen) atoms. The molecule has 4 rings (SSSR count). The molecule has 0 aliphatic rings. The van der Waals surface area contributed by atoms with Gasteiger partial charge in [-0.25, -0.2) is 0 Å². The monoisotopic (exact) mass is 373 g/mol. The summed E-state index contributed by atoms with van der Waals surface area (Å²) in [5, 5.41) is 3.86. The van der Waals surface area contributed by atoms with Crippen molar-refractivity contribution in [1.29, 1.82) is 0 Å². The molecule has 0 radical (unpaired) electrons. The third-order valence-electron chi connectivity index (χ3n) is 4.43. The van der Waals surface area contributed by atoms with Crippen LogP contribution in [-0.2, 0) is 0 Å². The largest absolute Gasteiger partial charge is 0.494 e. The predicted octanol–water partition coefficient (Wildman–Crippen LogP) is 4.99. The summed E-state index contributed by atoms with van der Waals surface area (Å²) in [6.07, 6.45) is 0.926. The van der Waals surface area contributed by atoms with Gasteiger partial charge in [0.15, 0.2) is 0 Å². The molecule has 140 valence electrons. The van der Waals surface area contributed by atoms with E-state index >= 15 is 0 Å². The molecule has 1 amide bonds. The number of nitrogens with one attached hydrogen (secondary N) is 1. The fraction of sp³-hybridized carbons (Fsp3) is 0.130. The van der Waals surface area contributed by atoms with Crippen molar-refractivity contribution in [2.24, 2.45) is 0 Å². The quantitative estimate of drug-likeness (QED) is 0.501. The van der Waals surface area contributed by atoms with Gasteiger partial charge in [0, 0.05) is 17.3 Å². The Kier molecular flexibility index (Phi) is 4.81. The lowest BCUT2D eigenvalue weighted by Gasteiger charge is -2.08. The van der Waals surface area contributed by atoms with Gasteiger partial charge in [-0.15, -0.1) is 0 Å². The van der Waals surface area contributed by atoms with Crippen LogP contribution in [0.3, 0.4) is 0 Å². The number of rotatable bonds is 5. The van der Waals surface area contributed by atoms with E-state index < -0.39 is 0 Å². The number of para-hydroxylation sites is 1. The van der Waals surface area contributed by atoms with Crippen LogP contribution in [-0.4, -0.2) is 12.5 Å². The van der Waals surface area contributed by atoms with Crippen molar-refractivity contribution in [3.63, 3.8) is 0 Å². The number of hydrogen-bond donors (Lipinski definition) is 1. The number of carbonyl (C=O) groups is 1. The number of hydrogen-bond acceptors (Lipinski definition) is 4. The molecule has 0 bridgehead atoms. The Balaban J connectivity index is 1.60. The molecule has 0 aliphatic carbocycles. The van der Waals surface area contributed by atoms with Gasteiger partial charge in [-0.3, -0.25) is 9.59 Å². The number of amides is 1. The minimum Gasteiger partial charge on any atom is -0.494 e. The third-order valence-corrected chi connectivity index (χ3v) is 4.43. The van der Waals surface area contributed by atoms with E-state index in [1.54, 1.807) is 60.7 Å². The minimum absolute atomic E-state index is 0.0857. The maximum atomic E-state index is 12.6. The summed E-state index contributed by atoms with van der Waals surface area (Å²) in [6, 6.07) is 19.1. The molecule has 4 aromatic rings. The van der Waals surface area contributed by atoms with Crippen molar-refractivity contribution in [3.8, 4) is 5.75 Å². The summed E-state index contributed by atoms with van der Waals surface area (Å²) in [7, 11) is 0. The topological polar surface area (TPSA) is 68.5 Å². The average Bonchev–Trinajstić information content (AvgIpc) is 2.72. The molecule has 0 spiro atoms. The van der Waals surface area contributed by atoms with Crippen LogP contribution in [0, 0.1) is 0 Å². The highest BCUT2D eigenvalue weighted by atomic mass is 16.5. The number of fused-ring (bicyclic) bond motifs is 2. The number of carbonyl (C=O) groups excluding carboxylic acids is 1. The Morgan fingerprint density at radius 3 is 2.50 bits per heavy atom. The molecule has 0 saturated heterocycles. The Labute approximate surface area is 161 Å². The van der Waals surface area contributed by atoms with Crippen LogP contribution in [0.25, 0.3) is 21.9 Å². The standard InChI is InChI=1S/C23H19NO4/c1-2-13-27-17-10-7-15(8-11-17)23(26)24-16-9-12-19-21(14-16)28-20-6-4-3-5-18(20)22(19)25/h3-12,14H,2,13H2,1H3,(H,24,26). The van der Waals surface area contributed by atoms with Gasteiger partial charge in [-0.05, 0) is 55.0 Å². The highest BCUT2D eigenvalue weighted by Gasteiger charge is 2.10. The highest BCUT2D eigenvalue weighted by molar-refractivity contribution is 6.05. The van der Waals surface area contributed by atoms with Crippen molar-refractivity contribution in [3.05, 3.63) is 82.5 Å². The maximum Gasteiger partial charge on any atom is 0.255 e. The van der Waals surface area contributed by atoms with Gasteiger partial charge in [0.1, 0.15) is 16.9 Å². The van der Waals surface area contributed by atoms with Crippen LogP contribution >= 0.6 is 0 Å². The zero-order chi connectivity index (χ0) is 19.5. The van der Waals surface area contributed by atoms with E-state index in [0.717, 1.165) is 12.2 Å². The average molecular weight is 373 g/mol. The van der Waals surface area contributed by atoms with E-state index in [0.29, 0.717) is 39.8 Å². The van der Waals surface area contributed by atoms with E-state index in [1.807, 2.05) is 13.0 Å². The summed E-state index contributed by atoms with van der Waals surface area (Å²) in [5.74, 6) is 0.488. The van der Waals surface area contributed by atoms with E-state index in [-0.39, 0.29) is 11.3 Å². The second-order valence-electron chi connectivity index (χ2n) is 6.47. The van der Waals surface area contributed by atoms with Crippen LogP contribution < -0.4 is 15.5 Å². The van der Waals surface area contributed by atoms with Crippen LogP contribution in [0.5, 0.6) is 5.75 Å². The second kappa shape index (κ2) is 7.56. The fourth-order valence-electron chi connectivity index (χ4n) is 3.00. The lowest BCUT2D eigenvalue weighted by Crippen LogP contribution is -2.12. The number of benzene rings is 3. The Hall–Kier alpha value is -3.60. The minimum atomic E-state index is -0.246.